The Bertz CT molecular complexity index is 1050. The maximum absolute atomic E-state index is 13.1. The van der Waals surface area contributed by atoms with Crippen molar-refractivity contribution in [3.05, 3.63) is 29.3 Å². The summed E-state index contributed by atoms with van der Waals surface area (Å²) in [6.45, 7) is 3.55. The van der Waals surface area contributed by atoms with E-state index in [0.29, 0.717) is 17.8 Å². The lowest BCUT2D eigenvalue weighted by Crippen LogP contribution is -2.54. The number of nitrogens with zero attached hydrogens (tertiary/aromatic N) is 2. The predicted octanol–water partition coefficient (Wildman–Crippen LogP) is 2.01. The fourth-order valence-corrected chi connectivity index (χ4v) is 5.29. The molecule has 0 aromatic heterocycles. The van der Waals surface area contributed by atoms with E-state index in [9.17, 15) is 24.0 Å². The van der Waals surface area contributed by atoms with Crippen molar-refractivity contribution in [1.82, 2.24) is 15.1 Å². The second-order valence-electron chi connectivity index (χ2n) is 9.85. The maximum atomic E-state index is 13.1. The number of amides is 5. The van der Waals surface area contributed by atoms with Gasteiger partial charge in [-0.2, -0.15) is 0 Å². The van der Waals surface area contributed by atoms with Gasteiger partial charge >= 0.3 is 6.09 Å². The van der Waals surface area contributed by atoms with E-state index in [1.165, 1.54) is 0 Å². The number of fused-ring (bicyclic) bond motifs is 1. The summed E-state index contributed by atoms with van der Waals surface area (Å²) in [5.41, 5.74) is 6.25. The van der Waals surface area contributed by atoms with Gasteiger partial charge in [-0.1, -0.05) is 25.3 Å². The van der Waals surface area contributed by atoms with Crippen molar-refractivity contribution >= 4 is 35.4 Å². The molecule has 1 aromatic rings. The standard InChI is InChI=1S/C26H35N5O6/c27-26(36)37-17-11-15-30(16-12-17)14-5-3-1-2-4-13-28-19-8-6-7-18-22(19)25(35)31(24(18)34)20-9-10-21(32)29-23(20)33/h6-8,17,20,28H,1-5,9-16H2,(H2,27,36)(H,29,32,33). The summed E-state index contributed by atoms with van der Waals surface area (Å²) in [6, 6.07) is 4.13. The molecule has 5 amide bonds. The molecule has 2 saturated heterocycles. The van der Waals surface area contributed by atoms with Gasteiger partial charge in [0.1, 0.15) is 12.1 Å². The lowest BCUT2D eigenvalue weighted by Gasteiger charge is -2.31. The Balaban J connectivity index is 1.16. The topological polar surface area (TPSA) is 151 Å². The van der Waals surface area contributed by atoms with Gasteiger partial charge in [0, 0.05) is 31.7 Å². The first-order chi connectivity index (χ1) is 17.8. The highest BCUT2D eigenvalue weighted by molar-refractivity contribution is 6.25. The van der Waals surface area contributed by atoms with Crippen LogP contribution >= 0.6 is 0 Å². The van der Waals surface area contributed by atoms with Gasteiger partial charge < -0.3 is 20.7 Å². The molecule has 1 unspecified atom stereocenters. The van der Waals surface area contributed by atoms with E-state index in [4.69, 9.17) is 10.5 Å². The van der Waals surface area contributed by atoms with Crippen LogP contribution in [0.1, 0.15) is 78.5 Å². The van der Waals surface area contributed by atoms with Crippen LogP contribution in [-0.4, -0.2) is 77.8 Å². The number of imide groups is 2. The van der Waals surface area contributed by atoms with Gasteiger partial charge in [-0.05, 0) is 50.8 Å². The molecule has 4 N–H and O–H groups in total. The third-order valence-electron chi connectivity index (χ3n) is 7.25. The van der Waals surface area contributed by atoms with Crippen molar-refractivity contribution in [2.45, 2.75) is 69.9 Å². The summed E-state index contributed by atoms with van der Waals surface area (Å²) in [7, 11) is 0. The summed E-state index contributed by atoms with van der Waals surface area (Å²) in [5, 5.41) is 5.51. The Kier molecular flexibility index (Phi) is 8.75. The van der Waals surface area contributed by atoms with E-state index in [1.54, 1.807) is 18.2 Å². The van der Waals surface area contributed by atoms with Gasteiger partial charge in [0.25, 0.3) is 11.8 Å². The number of rotatable bonds is 11. The minimum Gasteiger partial charge on any atom is -0.446 e. The fraction of sp³-hybridized carbons (Fsp3) is 0.577. The molecule has 0 bridgehead atoms. The van der Waals surface area contributed by atoms with E-state index in [0.717, 1.165) is 69.5 Å². The molecule has 3 aliphatic heterocycles. The molecule has 0 aliphatic carbocycles. The van der Waals surface area contributed by atoms with Crippen molar-refractivity contribution in [2.24, 2.45) is 5.73 Å². The second-order valence-corrected chi connectivity index (χ2v) is 9.85. The Labute approximate surface area is 216 Å². The molecule has 0 saturated carbocycles. The van der Waals surface area contributed by atoms with Crippen molar-refractivity contribution in [3.8, 4) is 0 Å². The molecular weight excluding hydrogens is 478 g/mol. The van der Waals surface area contributed by atoms with Gasteiger partial charge in [-0.15, -0.1) is 0 Å². The van der Waals surface area contributed by atoms with E-state index in [2.05, 4.69) is 15.5 Å². The largest absolute Gasteiger partial charge is 0.446 e. The van der Waals surface area contributed by atoms with Gasteiger partial charge in [0.2, 0.25) is 11.8 Å². The molecule has 37 heavy (non-hydrogen) atoms. The quantitative estimate of drug-likeness (QED) is 0.300. The summed E-state index contributed by atoms with van der Waals surface area (Å²) >= 11 is 0. The molecule has 3 aliphatic rings. The number of carbonyl (C=O) groups excluding carboxylic acids is 5. The van der Waals surface area contributed by atoms with E-state index >= 15 is 0 Å². The van der Waals surface area contributed by atoms with Gasteiger partial charge in [-0.3, -0.25) is 29.4 Å². The minimum absolute atomic E-state index is 0.0546. The SMILES string of the molecule is NC(=O)OC1CCN(CCCCCCCNc2cccc3c2C(=O)N(C2CCC(=O)NC2=O)C3=O)CC1. The van der Waals surface area contributed by atoms with Crippen LogP contribution in [0, 0.1) is 0 Å². The number of hydrogen-bond acceptors (Lipinski definition) is 8. The number of unbranched alkanes of at least 4 members (excludes halogenated alkanes) is 4. The fourth-order valence-electron chi connectivity index (χ4n) is 5.29. The number of likely N-dealkylation sites (tertiary alicyclic amines) is 1. The van der Waals surface area contributed by atoms with E-state index in [1.807, 2.05) is 0 Å². The lowest BCUT2D eigenvalue weighted by molar-refractivity contribution is -0.136. The summed E-state index contributed by atoms with van der Waals surface area (Å²) in [6.07, 6.45) is 6.48. The number of nitrogens with one attached hydrogen (secondary N) is 2. The number of benzene rings is 1. The summed E-state index contributed by atoms with van der Waals surface area (Å²) in [4.78, 5) is 64.0. The molecule has 4 rings (SSSR count). The first-order valence-electron chi connectivity index (χ1n) is 13.1. The van der Waals surface area contributed by atoms with Crippen LogP contribution < -0.4 is 16.4 Å². The Hall–Kier alpha value is -3.47. The van der Waals surface area contributed by atoms with Crippen molar-refractivity contribution < 1.29 is 28.7 Å². The second kappa shape index (κ2) is 12.2. The van der Waals surface area contributed by atoms with Crippen molar-refractivity contribution in [2.75, 3.05) is 31.5 Å². The van der Waals surface area contributed by atoms with E-state index < -0.39 is 35.8 Å². The van der Waals surface area contributed by atoms with Crippen LogP contribution in [0.3, 0.4) is 0 Å². The van der Waals surface area contributed by atoms with Crippen LogP contribution in [0.2, 0.25) is 0 Å². The monoisotopic (exact) mass is 513 g/mol. The molecule has 11 heteroatoms. The number of carbonyl (C=O) groups is 5. The number of ether oxygens (including phenoxy) is 1. The maximum Gasteiger partial charge on any atom is 0.404 e. The van der Waals surface area contributed by atoms with Gasteiger partial charge in [0.05, 0.1) is 11.1 Å². The van der Waals surface area contributed by atoms with Crippen molar-refractivity contribution in [1.29, 1.82) is 0 Å². The van der Waals surface area contributed by atoms with Crippen LogP contribution in [0.15, 0.2) is 18.2 Å². The van der Waals surface area contributed by atoms with Crippen LogP contribution in [-0.2, 0) is 14.3 Å². The van der Waals surface area contributed by atoms with E-state index in [-0.39, 0.29) is 24.5 Å². The first-order valence-corrected chi connectivity index (χ1v) is 13.1. The normalized spacial score (nSPS) is 20.6. The number of hydrogen-bond donors (Lipinski definition) is 3. The highest BCUT2D eigenvalue weighted by atomic mass is 16.6. The molecule has 11 nitrogen and oxygen atoms in total. The molecule has 0 spiro atoms. The first kappa shape index (κ1) is 26.6. The predicted molar refractivity (Wildman–Crippen MR) is 135 cm³/mol. The molecule has 1 atom stereocenters. The summed E-state index contributed by atoms with van der Waals surface area (Å²) in [5.74, 6) is -2.00. The highest BCUT2D eigenvalue weighted by Gasteiger charge is 2.45. The zero-order chi connectivity index (χ0) is 26.4. The van der Waals surface area contributed by atoms with Crippen molar-refractivity contribution in [3.63, 3.8) is 0 Å². The van der Waals surface area contributed by atoms with Crippen LogP contribution in [0.25, 0.3) is 0 Å². The average molecular weight is 514 g/mol. The smallest absolute Gasteiger partial charge is 0.404 e. The third-order valence-corrected chi connectivity index (χ3v) is 7.25. The third kappa shape index (κ3) is 6.46. The Morgan fingerprint density at radius 2 is 1.73 bits per heavy atom. The Morgan fingerprint density at radius 3 is 2.46 bits per heavy atom. The summed E-state index contributed by atoms with van der Waals surface area (Å²) < 4.78 is 5.07. The number of nitrogens with two attached hydrogens (primary N) is 1. The molecule has 3 heterocycles. The number of primary amides is 1. The van der Waals surface area contributed by atoms with Gasteiger partial charge in [0.15, 0.2) is 0 Å². The zero-order valence-corrected chi connectivity index (χ0v) is 21.0. The minimum atomic E-state index is -0.965. The lowest BCUT2D eigenvalue weighted by atomic mass is 10.0. The highest BCUT2D eigenvalue weighted by Crippen LogP contribution is 2.32. The van der Waals surface area contributed by atoms with Crippen LogP contribution in [0.5, 0.6) is 0 Å². The zero-order valence-electron chi connectivity index (χ0n) is 21.0. The molecular formula is C26H35N5O6. The molecule has 2 fully saturated rings. The average Bonchev–Trinajstić information content (AvgIpc) is 3.12. The Morgan fingerprint density at radius 1 is 1.00 bits per heavy atom. The molecule has 200 valence electrons. The van der Waals surface area contributed by atoms with Crippen LogP contribution in [0.4, 0.5) is 10.5 Å². The molecule has 0 radical (unpaired) electrons. The number of anilines is 1. The number of piperidine rings is 2. The molecule has 1 aromatic carbocycles. The van der Waals surface area contributed by atoms with Gasteiger partial charge in [-0.25, -0.2) is 4.79 Å².